The van der Waals surface area contributed by atoms with Crippen LogP contribution in [0.25, 0.3) is 10.9 Å². The Kier molecular flexibility index (Phi) is 3.43. The van der Waals surface area contributed by atoms with Gasteiger partial charge < -0.3 is 15.6 Å². The molecule has 106 valence electrons. The van der Waals surface area contributed by atoms with Crippen molar-refractivity contribution >= 4 is 10.9 Å². The van der Waals surface area contributed by atoms with Crippen LogP contribution in [0.4, 0.5) is 0 Å². The van der Waals surface area contributed by atoms with E-state index in [1.54, 1.807) is 0 Å². The van der Waals surface area contributed by atoms with Gasteiger partial charge in [0.25, 0.3) is 0 Å². The smallest absolute Gasteiger partial charge is 0.0917 e. The zero-order valence-electron chi connectivity index (χ0n) is 12.3. The predicted octanol–water partition coefficient (Wildman–Crippen LogP) is 3.35. The van der Waals surface area contributed by atoms with Gasteiger partial charge in [-0.25, -0.2) is 0 Å². The summed E-state index contributed by atoms with van der Waals surface area (Å²) in [5.41, 5.74) is 5.22. The maximum absolute atomic E-state index is 4.01. The second-order valence-corrected chi connectivity index (χ2v) is 5.76. The van der Waals surface area contributed by atoms with Crippen molar-refractivity contribution in [1.29, 1.82) is 0 Å². The molecule has 0 aliphatic heterocycles. The lowest BCUT2D eigenvalue weighted by atomic mass is 10.0. The molecule has 3 rings (SSSR count). The van der Waals surface area contributed by atoms with Crippen molar-refractivity contribution in [1.82, 2.24) is 15.6 Å². The summed E-state index contributed by atoms with van der Waals surface area (Å²) in [7, 11) is 0. The van der Waals surface area contributed by atoms with Crippen molar-refractivity contribution in [3.63, 3.8) is 0 Å². The van der Waals surface area contributed by atoms with Crippen molar-refractivity contribution in [3.05, 3.63) is 47.4 Å². The molecule has 0 atom stereocenters. The first-order valence-electron chi connectivity index (χ1n) is 7.46. The van der Waals surface area contributed by atoms with Gasteiger partial charge in [-0.2, -0.15) is 0 Å². The number of aryl methyl sites for hydroxylation is 2. The summed E-state index contributed by atoms with van der Waals surface area (Å²) in [6.45, 7) is 9.18. The Morgan fingerprint density at radius 2 is 2.15 bits per heavy atom. The quantitative estimate of drug-likeness (QED) is 0.752. The van der Waals surface area contributed by atoms with Crippen molar-refractivity contribution in [3.8, 4) is 0 Å². The maximum Gasteiger partial charge on any atom is 0.0917 e. The number of hydrogen-bond donors (Lipinski definition) is 3. The van der Waals surface area contributed by atoms with Crippen molar-refractivity contribution in [2.45, 2.75) is 45.7 Å². The highest BCUT2D eigenvalue weighted by Gasteiger charge is 2.20. The van der Waals surface area contributed by atoms with Crippen LogP contribution in [0.5, 0.6) is 0 Å². The first-order chi connectivity index (χ1) is 9.65. The molecule has 0 saturated heterocycles. The molecule has 0 radical (unpaired) electrons. The molecule has 1 aromatic heterocycles. The average Bonchev–Trinajstić information content (AvgIpc) is 3.14. The number of aromatic amines is 1. The van der Waals surface area contributed by atoms with Crippen molar-refractivity contribution in [2.24, 2.45) is 0 Å². The molecule has 0 bridgehead atoms. The minimum Gasteiger partial charge on any atom is -0.370 e. The molecule has 2 aromatic rings. The number of rotatable bonds is 6. The van der Waals surface area contributed by atoms with Crippen LogP contribution in [-0.4, -0.2) is 11.0 Å². The van der Waals surface area contributed by atoms with E-state index in [2.05, 4.69) is 54.2 Å². The van der Waals surface area contributed by atoms with E-state index in [1.165, 1.54) is 40.6 Å². The van der Waals surface area contributed by atoms with E-state index in [1.807, 2.05) is 0 Å². The normalized spacial score (nSPS) is 14.5. The number of aromatic nitrogens is 1. The maximum atomic E-state index is 4.01. The van der Waals surface area contributed by atoms with E-state index in [-0.39, 0.29) is 0 Å². The minimum atomic E-state index is 0.646. The molecular formula is C17H23N3. The highest BCUT2D eigenvalue weighted by molar-refractivity contribution is 5.82. The largest absolute Gasteiger partial charge is 0.370 e. The second kappa shape index (κ2) is 5.23. The Hall–Kier alpha value is -1.90. The topological polar surface area (TPSA) is 39.9 Å². The number of fused-ring (bicyclic) bond motifs is 1. The fraction of sp³-hybridized carbons (Fsp3) is 0.412. The van der Waals surface area contributed by atoms with Crippen LogP contribution < -0.4 is 10.6 Å². The Balaban J connectivity index is 1.70. The molecule has 0 amide bonds. The third kappa shape index (κ3) is 2.82. The van der Waals surface area contributed by atoms with E-state index >= 15 is 0 Å². The van der Waals surface area contributed by atoms with Gasteiger partial charge in [0.05, 0.1) is 12.4 Å². The third-order valence-corrected chi connectivity index (χ3v) is 3.96. The fourth-order valence-corrected chi connectivity index (χ4v) is 2.60. The van der Waals surface area contributed by atoms with E-state index in [0.717, 1.165) is 18.8 Å². The van der Waals surface area contributed by atoms with Gasteiger partial charge in [0.15, 0.2) is 0 Å². The third-order valence-electron chi connectivity index (χ3n) is 3.96. The molecule has 3 heteroatoms. The molecule has 1 heterocycles. The standard InChI is InChI=1S/C17H23N3/c1-4-13-9-17-14(7-11(13)2)8-16(20-17)10-18-12(3)19-15-5-6-15/h7-9,15,18-20H,3-6,10H2,1-2H3. The number of benzene rings is 1. The first kappa shape index (κ1) is 13.1. The van der Waals surface area contributed by atoms with Crippen molar-refractivity contribution in [2.75, 3.05) is 0 Å². The van der Waals surface area contributed by atoms with Crippen LogP contribution in [0.15, 0.2) is 30.6 Å². The van der Waals surface area contributed by atoms with Gasteiger partial charge in [0.1, 0.15) is 0 Å². The number of H-pyrrole nitrogens is 1. The molecule has 0 unspecified atom stereocenters. The van der Waals surface area contributed by atoms with Gasteiger partial charge in [0.2, 0.25) is 0 Å². The van der Waals surface area contributed by atoms with Crippen LogP contribution in [0.2, 0.25) is 0 Å². The molecule has 20 heavy (non-hydrogen) atoms. The summed E-state index contributed by atoms with van der Waals surface area (Å²) < 4.78 is 0. The van der Waals surface area contributed by atoms with Gasteiger partial charge in [-0.3, -0.25) is 0 Å². The number of nitrogens with one attached hydrogen (secondary N) is 3. The van der Waals surface area contributed by atoms with Gasteiger partial charge in [0, 0.05) is 17.3 Å². The summed E-state index contributed by atoms with van der Waals surface area (Å²) in [5, 5.41) is 7.99. The molecule has 1 fully saturated rings. The summed E-state index contributed by atoms with van der Waals surface area (Å²) in [6.07, 6.45) is 3.62. The van der Waals surface area contributed by atoms with E-state index in [4.69, 9.17) is 0 Å². The predicted molar refractivity (Wildman–Crippen MR) is 84.6 cm³/mol. The lowest BCUT2D eigenvalue weighted by Gasteiger charge is -2.10. The molecule has 3 nitrogen and oxygen atoms in total. The highest BCUT2D eigenvalue weighted by Crippen LogP contribution is 2.22. The highest BCUT2D eigenvalue weighted by atomic mass is 15.1. The minimum absolute atomic E-state index is 0.646. The van der Waals surface area contributed by atoms with Crippen LogP contribution in [0.1, 0.15) is 36.6 Å². The van der Waals surface area contributed by atoms with E-state index in [9.17, 15) is 0 Å². The average molecular weight is 269 g/mol. The molecule has 1 aromatic carbocycles. The molecular weight excluding hydrogens is 246 g/mol. The zero-order valence-corrected chi connectivity index (χ0v) is 12.3. The van der Waals surface area contributed by atoms with Gasteiger partial charge in [-0.1, -0.05) is 13.5 Å². The first-order valence-corrected chi connectivity index (χ1v) is 7.46. The summed E-state index contributed by atoms with van der Waals surface area (Å²) in [6, 6.07) is 7.41. The Morgan fingerprint density at radius 3 is 2.85 bits per heavy atom. The van der Waals surface area contributed by atoms with Gasteiger partial charge in [-0.15, -0.1) is 0 Å². The Bertz CT molecular complexity index is 635. The summed E-state index contributed by atoms with van der Waals surface area (Å²) >= 11 is 0. The summed E-state index contributed by atoms with van der Waals surface area (Å²) in [5.74, 6) is 0.927. The second-order valence-electron chi connectivity index (χ2n) is 5.76. The van der Waals surface area contributed by atoms with Crippen LogP contribution in [0, 0.1) is 6.92 Å². The monoisotopic (exact) mass is 269 g/mol. The molecule has 0 spiro atoms. The van der Waals surface area contributed by atoms with Crippen LogP contribution >= 0.6 is 0 Å². The zero-order chi connectivity index (χ0) is 14.1. The van der Waals surface area contributed by atoms with Gasteiger partial charge >= 0.3 is 0 Å². The fourth-order valence-electron chi connectivity index (χ4n) is 2.60. The van der Waals surface area contributed by atoms with Crippen LogP contribution in [0.3, 0.4) is 0 Å². The Morgan fingerprint density at radius 1 is 1.35 bits per heavy atom. The molecule has 1 saturated carbocycles. The molecule has 1 aliphatic carbocycles. The van der Waals surface area contributed by atoms with Crippen molar-refractivity contribution < 1.29 is 0 Å². The van der Waals surface area contributed by atoms with E-state index < -0.39 is 0 Å². The SMILES string of the molecule is C=C(NCc1cc2cc(C)c(CC)cc2[nH]1)NC1CC1. The lowest BCUT2D eigenvalue weighted by molar-refractivity contribution is 0.676. The summed E-state index contributed by atoms with van der Waals surface area (Å²) in [4.78, 5) is 3.49. The van der Waals surface area contributed by atoms with Gasteiger partial charge in [-0.05, 0) is 60.9 Å². The molecule has 3 N–H and O–H groups in total. The lowest BCUT2D eigenvalue weighted by Crippen LogP contribution is -2.26. The Labute approximate surface area is 120 Å². The van der Waals surface area contributed by atoms with E-state index in [0.29, 0.717) is 6.04 Å². The molecule has 1 aliphatic rings. The van der Waals surface area contributed by atoms with Crippen LogP contribution in [-0.2, 0) is 13.0 Å². The number of hydrogen-bond acceptors (Lipinski definition) is 2.